The lowest BCUT2D eigenvalue weighted by molar-refractivity contribution is -0.141. The minimum Gasteiger partial charge on any atom is -0.497 e. The number of benzene rings is 3. The Hall–Kier alpha value is -3.69. The van der Waals surface area contributed by atoms with Gasteiger partial charge in [0.2, 0.25) is 21.8 Å². The van der Waals surface area contributed by atoms with Gasteiger partial charge in [-0.1, -0.05) is 75.4 Å². The summed E-state index contributed by atoms with van der Waals surface area (Å²) < 4.78 is 32.3. The molecule has 2 amide bonds. The van der Waals surface area contributed by atoms with E-state index < -0.39 is 16.1 Å². The molecule has 3 aromatic carbocycles. The highest BCUT2D eigenvalue weighted by Crippen LogP contribution is 2.19. The summed E-state index contributed by atoms with van der Waals surface area (Å²) in [6.07, 6.45) is 0.951. The Bertz CT molecular complexity index is 1360. The lowest BCUT2D eigenvalue weighted by Gasteiger charge is -2.32. The van der Waals surface area contributed by atoms with Crippen molar-refractivity contribution in [1.82, 2.24) is 14.9 Å². The molecule has 2 N–H and O–H groups in total. The predicted octanol–water partition coefficient (Wildman–Crippen LogP) is 4.34. The predicted molar refractivity (Wildman–Crippen MR) is 161 cm³/mol. The molecule has 0 radical (unpaired) electrons. The van der Waals surface area contributed by atoms with Crippen LogP contribution in [-0.4, -0.2) is 51.4 Å². The highest BCUT2D eigenvalue weighted by Gasteiger charge is 2.30. The van der Waals surface area contributed by atoms with Gasteiger partial charge in [-0.3, -0.25) is 9.59 Å². The first kappa shape index (κ1) is 31.8. The third-order valence-electron chi connectivity index (χ3n) is 6.66. The van der Waals surface area contributed by atoms with E-state index in [9.17, 15) is 18.0 Å². The zero-order valence-electron chi connectivity index (χ0n) is 24.3. The van der Waals surface area contributed by atoms with Gasteiger partial charge in [0, 0.05) is 32.5 Å². The van der Waals surface area contributed by atoms with Gasteiger partial charge >= 0.3 is 0 Å². The van der Waals surface area contributed by atoms with E-state index >= 15 is 0 Å². The first-order valence-corrected chi connectivity index (χ1v) is 15.4. The van der Waals surface area contributed by atoms with E-state index in [1.165, 1.54) is 0 Å². The van der Waals surface area contributed by atoms with Crippen molar-refractivity contribution in [2.75, 3.05) is 20.2 Å². The topological polar surface area (TPSA) is 105 Å². The van der Waals surface area contributed by atoms with Gasteiger partial charge in [-0.25, -0.2) is 13.1 Å². The summed E-state index contributed by atoms with van der Waals surface area (Å²) in [4.78, 5) is 29.2. The third-order valence-corrected chi connectivity index (χ3v) is 8.22. The van der Waals surface area contributed by atoms with Gasteiger partial charge in [-0.2, -0.15) is 0 Å². The van der Waals surface area contributed by atoms with E-state index in [0.29, 0.717) is 31.7 Å². The fourth-order valence-corrected chi connectivity index (χ4v) is 5.45. The van der Waals surface area contributed by atoms with Crippen LogP contribution >= 0.6 is 0 Å². The number of nitrogens with zero attached hydrogens (tertiary/aromatic N) is 1. The molecule has 3 rings (SSSR count). The van der Waals surface area contributed by atoms with E-state index in [2.05, 4.69) is 10.0 Å². The Morgan fingerprint density at radius 3 is 2.10 bits per heavy atom. The molecule has 1 atom stereocenters. The summed E-state index contributed by atoms with van der Waals surface area (Å²) in [5.41, 5.74) is 2.68. The molecule has 0 spiro atoms. The van der Waals surface area contributed by atoms with Crippen molar-refractivity contribution < 1.29 is 22.7 Å². The first-order valence-electron chi connectivity index (χ1n) is 14.0. The van der Waals surface area contributed by atoms with Crippen molar-refractivity contribution in [3.8, 4) is 5.75 Å². The van der Waals surface area contributed by atoms with Crippen molar-refractivity contribution in [1.29, 1.82) is 0 Å². The van der Waals surface area contributed by atoms with Crippen LogP contribution in [0.5, 0.6) is 5.75 Å². The number of methoxy groups -OCH3 is 1. The minimum absolute atomic E-state index is 0.161. The summed E-state index contributed by atoms with van der Waals surface area (Å²) in [6.45, 7) is 6.86. The first-order chi connectivity index (χ1) is 19.6. The maximum Gasteiger partial charge on any atom is 0.243 e. The summed E-state index contributed by atoms with van der Waals surface area (Å²) in [5, 5.41) is 3.03. The molecule has 0 aromatic heterocycles. The minimum atomic E-state index is -3.55. The van der Waals surface area contributed by atoms with Crippen LogP contribution in [-0.2, 0) is 39.0 Å². The number of carbonyl (C=O) groups excluding carboxylic acids is 2. The molecular formula is C32H41N3O5S. The zero-order valence-corrected chi connectivity index (χ0v) is 25.1. The number of hydrogen-bond donors (Lipinski definition) is 2. The molecular weight excluding hydrogens is 538 g/mol. The molecule has 0 bridgehead atoms. The lowest BCUT2D eigenvalue weighted by atomic mass is 10.0. The van der Waals surface area contributed by atoms with Crippen LogP contribution in [0.25, 0.3) is 0 Å². The number of sulfonamides is 1. The molecule has 0 saturated carbocycles. The number of carbonyl (C=O) groups is 2. The molecule has 0 unspecified atom stereocenters. The Balaban J connectivity index is 1.87. The van der Waals surface area contributed by atoms with Crippen LogP contribution in [0.3, 0.4) is 0 Å². The summed E-state index contributed by atoms with van der Waals surface area (Å²) in [5.74, 6) is 0.622. The number of aryl methyl sites for hydroxylation is 1. The molecule has 41 heavy (non-hydrogen) atoms. The van der Waals surface area contributed by atoms with Crippen LogP contribution in [0.4, 0.5) is 0 Å². The monoisotopic (exact) mass is 579 g/mol. The van der Waals surface area contributed by atoms with Gasteiger partial charge in [0.25, 0.3) is 0 Å². The van der Waals surface area contributed by atoms with Crippen molar-refractivity contribution >= 4 is 21.8 Å². The number of nitrogens with one attached hydrogen (secondary N) is 2. The van der Waals surface area contributed by atoms with Crippen LogP contribution < -0.4 is 14.8 Å². The van der Waals surface area contributed by atoms with Crippen LogP contribution in [0.1, 0.15) is 43.9 Å². The molecule has 220 valence electrons. The average molecular weight is 580 g/mol. The van der Waals surface area contributed by atoms with Crippen LogP contribution in [0.15, 0.2) is 83.8 Å². The van der Waals surface area contributed by atoms with E-state index in [4.69, 9.17) is 4.74 Å². The lowest BCUT2D eigenvalue weighted by Crippen LogP contribution is -2.51. The maximum absolute atomic E-state index is 13.8. The molecule has 0 aliphatic carbocycles. The van der Waals surface area contributed by atoms with Gasteiger partial charge in [0.15, 0.2) is 0 Å². The number of amides is 2. The van der Waals surface area contributed by atoms with Crippen LogP contribution in [0.2, 0.25) is 0 Å². The second-order valence-electron chi connectivity index (χ2n) is 10.4. The molecule has 8 nitrogen and oxygen atoms in total. The Labute approximate surface area is 244 Å². The van der Waals surface area contributed by atoms with E-state index in [-0.39, 0.29) is 35.6 Å². The third kappa shape index (κ3) is 9.72. The van der Waals surface area contributed by atoms with Gasteiger partial charge in [-0.05, 0) is 53.3 Å². The quantitative estimate of drug-likeness (QED) is 0.279. The standard InChI is InChI=1S/C32H41N3O5S/c1-5-34-41(38,39)29-18-13-25(14-19-29)15-20-31(36)35(23-27-11-16-28(40-4)17-12-27)30(32(37)33-22-24(2)3)21-26-9-7-6-8-10-26/h6-14,16-19,24,30,34H,5,15,20-23H2,1-4H3,(H,33,37)/t30-/m1/s1. The normalized spacial score (nSPS) is 12.1. The number of hydrogen-bond acceptors (Lipinski definition) is 5. The van der Waals surface area contributed by atoms with Crippen molar-refractivity contribution in [3.63, 3.8) is 0 Å². The zero-order chi connectivity index (χ0) is 29.8. The second-order valence-corrected chi connectivity index (χ2v) is 12.1. The summed E-state index contributed by atoms with van der Waals surface area (Å²) >= 11 is 0. The van der Waals surface area contributed by atoms with E-state index in [1.54, 1.807) is 43.2 Å². The molecule has 0 fully saturated rings. The smallest absolute Gasteiger partial charge is 0.243 e. The molecule has 0 aliphatic heterocycles. The average Bonchev–Trinajstić information content (AvgIpc) is 2.97. The van der Waals surface area contributed by atoms with E-state index in [1.807, 2.05) is 68.4 Å². The number of rotatable bonds is 15. The van der Waals surface area contributed by atoms with Gasteiger partial charge in [0.05, 0.1) is 12.0 Å². The highest BCUT2D eigenvalue weighted by atomic mass is 32.2. The molecule has 3 aromatic rings. The second kappa shape index (κ2) is 15.3. The fraction of sp³-hybridized carbons (Fsp3) is 0.375. The van der Waals surface area contributed by atoms with Crippen LogP contribution in [0, 0.1) is 5.92 Å². The number of ether oxygens (including phenoxy) is 1. The SMILES string of the molecule is CCNS(=O)(=O)c1ccc(CCC(=O)N(Cc2ccc(OC)cc2)[C@H](Cc2ccccc2)C(=O)NCC(C)C)cc1. The van der Waals surface area contributed by atoms with E-state index in [0.717, 1.165) is 16.7 Å². The largest absolute Gasteiger partial charge is 0.497 e. The molecule has 0 heterocycles. The Kier molecular flexibility index (Phi) is 11.9. The molecule has 0 saturated heterocycles. The highest BCUT2D eigenvalue weighted by molar-refractivity contribution is 7.89. The van der Waals surface area contributed by atoms with Gasteiger partial charge in [-0.15, -0.1) is 0 Å². The Morgan fingerprint density at radius 1 is 0.878 bits per heavy atom. The summed E-state index contributed by atoms with van der Waals surface area (Å²) in [7, 11) is -1.95. The molecule has 0 aliphatic rings. The maximum atomic E-state index is 13.8. The van der Waals surface area contributed by atoms with Crippen molar-refractivity contribution in [3.05, 3.63) is 95.6 Å². The fourth-order valence-electron chi connectivity index (χ4n) is 4.41. The van der Waals surface area contributed by atoms with Gasteiger partial charge < -0.3 is 15.0 Å². The Morgan fingerprint density at radius 2 is 1.51 bits per heavy atom. The van der Waals surface area contributed by atoms with Crippen molar-refractivity contribution in [2.45, 2.75) is 57.5 Å². The summed E-state index contributed by atoms with van der Waals surface area (Å²) in [6, 6.07) is 23.0. The van der Waals surface area contributed by atoms with Gasteiger partial charge in [0.1, 0.15) is 11.8 Å². The molecule has 9 heteroatoms. The van der Waals surface area contributed by atoms with Crippen molar-refractivity contribution in [2.24, 2.45) is 5.92 Å².